The van der Waals surface area contributed by atoms with Crippen LogP contribution in [-0.2, 0) is 14.3 Å². The Balaban J connectivity index is 1.65. The number of unbranched alkanes of at least 4 members (excludes halogenated alkanes) is 1. The summed E-state index contributed by atoms with van der Waals surface area (Å²) in [5.41, 5.74) is -0.485. The molecule has 5 heteroatoms. The number of ether oxygens (including phenoxy) is 2. The fraction of sp³-hybridized carbons (Fsp3) is 0.769. The fourth-order valence-electron chi connectivity index (χ4n) is 3.04. The molecule has 1 aliphatic heterocycles. The van der Waals surface area contributed by atoms with Gasteiger partial charge >= 0.3 is 0 Å². The van der Waals surface area contributed by atoms with Crippen LogP contribution < -0.4 is 0 Å². The third-order valence-corrected chi connectivity index (χ3v) is 5.27. The molecule has 1 unspecified atom stereocenters. The second-order valence-electron chi connectivity index (χ2n) is 5.25. The van der Waals surface area contributed by atoms with Crippen molar-refractivity contribution in [1.82, 2.24) is 0 Å². The van der Waals surface area contributed by atoms with Gasteiger partial charge in [-0.05, 0) is 45.4 Å². The molecule has 1 heterocycles. The van der Waals surface area contributed by atoms with Crippen molar-refractivity contribution in [3.05, 3.63) is 9.66 Å². The van der Waals surface area contributed by atoms with Crippen LogP contribution in [0.2, 0.25) is 0 Å². The average molecular weight is 364 g/mol. The molecule has 1 saturated carbocycles. The molecule has 0 aromatic heterocycles. The third kappa shape index (κ3) is 1.95. The van der Waals surface area contributed by atoms with Gasteiger partial charge in [-0.3, -0.25) is 4.79 Å². The number of halogens is 1. The van der Waals surface area contributed by atoms with E-state index in [0.29, 0.717) is 13.2 Å². The van der Waals surface area contributed by atoms with Crippen LogP contribution in [0.15, 0.2) is 9.66 Å². The summed E-state index contributed by atoms with van der Waals surface area (Å²) in [5, 5.41) is 8.73. The van der Waals surface area contributed by atoms with Crippen LogP contribution >= 0.6 is 22.6 Å². The first kappa shape index (κ1) is 13.0. The summed E-state index contributed by atoms with van der Waals surface area (Å²) >= 11 is 2.33. The fourth-order valence-corrected chi connectivity index (χ4v) is 4.18. The predicted octanol–water partition coefficient (Wildman–Crippen LogP) is 1.45. The van der Waals surface area contributed by atoms with Crippen LogP contribution in [0.4, 0.5) is 0 Å². The lowest BCUT2D eigenvalue weighted by Crippen LogP contribution is -2.53. The van der Waals surface area contributed by atoms with Crippen LogP contribution in [0.3, 0.4) is 0 Å². The molecule has 18 heavy (non-hydrogen) atoms. The van der Waals surface area contributed by atoms with E-state index in [2.05, 4.69) is 28.7 Å². The molecular weight excluding hydrogens is 347 g/mol. The number of fused-ring (bicyclic) bond motifs is 1. The van der Waals surface area contributed by atoms with E-state index in [1.165, 1.54) is 3.58 Å². The van der Waals surface area contributed by atoms with E-state index in [-0.39, 0.29) is 30.3 Å². The van der Waals surface area contributed by atoms with Gasteiger partial charge < -0.3 is 14.6 Å². The number of Topliss-reactive ketones (excluding diaryl/α,β-unsaturated/α-hetero) is 1. The van der Waals surface area contributed by atoms with Crippen molar-refractivity contribution in [2.45, 2.75) is 31.0 Å². The summed E-state index contributed by atoms with van der Waals surface area (Å²) in [6.07, 6.45) is 4.57. The highest BCUT2D eigenvalue weighted by Gasteiger charge is 2.66. The van der Waals surface area contributed by atoms with E-state index in [0.717, 1.165) is 19.3 Å². The normalized spacial score (nSPS) is 41.3. The van der Waals surface area contributed by atoms with Crippen molar-refractivity contribution in [1.29, 1.82) is 0 Å². The number of aliphatic hydroxyl groups is 1. The summed E-state index contributed by atoms with van der Waals surface area (Å²) in [7, 11) is 0. The quantitative estimate of drug-likeness (QED) is 0.456. The largest absolute Gasteiger partial charge is 0.396 e. The molecule has 2 bridgehead atoms. The van der Waals surface area contributed by atoms with E-state index in [9.17, 15) is 4.79 Å². The zero-order valence-electron chi connectivity index (χ0n) is 10.1. The number of hydrogen-bond donors (Lipinski definition) is 1. The number of rotatable bonds is 5. The molecule has 0 radical (unpaired) electrons. The third-order valence-electron chi connectivity index (χ3n) is 4.16. The van der Waals surface area contributed by atoms with Crippen molar-refractivity contribution in [3.63, 3.8) is 0 Å². The van der Waals surface area contributed by atoms with Crippen molar-refractivity contribution in [2.75, 3.05) is 19.8 Å². The molecule has 1 saturated heterocycles. The van der Waals surface area contributed by atoms with E-state index < -0.39 is 5.60 Å². The maximum Gasteiger partial charge on any atom is 0.177 e. The van der Waals surface area contributed by atoms with Gasteiger partial charge in [0.15, 0.2) is 11.4 Å². The molecule has 4 nitrogen and oxygen atoms in total. The van der Waals surface area contributed by atoms with Gasteiger partial charge in [0.1, 0.15) is 0 Å². The maximum absolute atomic E-state index is 12.3. The van der Waals surface area contributed by atoms with Crippen LogP contribution in [0.1, 0.15) is 19.3 Å². The highest BCUT2D eigenvalue weighted by atomic mass is 127. The monoisotopic (exact) mass is 364 g/mol. The minimum atomic E-state index is -0.485. The Bertz CT molecular complexity index is 388. The summed E-state index contributed by atoms with van der Waals surface area (Å²) in [6.45, 7) is 1.42. The number of carbonyl (C=O) groups excluding carboxylic acids is 1. The number of ketones is 1. The first-order valence-corrected chi connectivity index (χ1v) is 7.55. The minimum Gasteiger partial charge on any atom is -0.396 e. The molecule has 0 aromatic carbocycles. The summed E-state index contributed by atoms with van der Waals surface area (Å²) in [5.74, 6) is 0.295. The lowest BCUT2D eigenvalue weighted by atomic mass is 9.66. The molecule has 4 aliphatic rings. The molecule has 4 rings (SSSR count). The summed E-state index contributed by atoms with van der Waals surface area (Å²) in [4.78, 5) is 12.3. The zero-order chi connectivity index (χ0) is 12.8. The van der Waals surface area contributed by atoms with Crippen molar-refractivity contribution < 1.29 is 19.4 Å². The Kier molecular flexibility index (Phi) is 3.51. The number of hydrogen-bond acceptors (Lipinski definition) is 4. The number of aliphatic hydroxyl groups excluding tert-OH is 1. The smallest absolute Gasteiger partial charge is 0.177 e. The zero-order valence-corrected chi connectivity index (χ0v) is 12.3. The Morgan fingerprint density at radius 1 is 1.56 bits per heavy atom. The van der Waals surface area contributed by atoms with Crippen LogP contribution in [-0.4, -0.2) is 42.4 Å². The van der Waals surface area contributed by atoms with E-state index >= 15 is 0 Å². The van der Waals surface area contributed by atoms with Gasteiger partial charge in [0, 0.05) is 19.1 Å². The van der Waals surface area contributed by atoms with Gasteiger partial charge in [-0.15, -0.1) is 0 Å². The van der Waals surface area contributed by atoms with Crippen molar-refractivity contribution in [2.24, 2.45) is 11.8 Å². The number of carbonyl (C=O) groups is 1. The Morgan fingerprint density at radius 2 is 2.33 bits per heavy atom. The van der Waals surface area contributed by atoms with Gasteiger partial charge in [-0.2, -0.15) is 0 Å². The summed E-state index contributed by atoms with van der Waals surface area (Å²) < 4.78 is 12.5. The van der Waals surface area contributed by atoms with Gasteiger partial charge in [0.2, 0.25) is 0 Å². The number of epoxide rings is 1. The lowest BCUT2D eigenvalue weighted by Gasteiger charge is -2.42. The first-order valence-electron chi connectivity index (χ1n) is 6.47. The Hall–Kier alpha value is 0.0200. The second kappa shape index (κ2) is 4.85. The molecule has 100 valence electrons. The highest BCUT2D eigenvalue weighted by molar-refractivity contribution is 14.1. The Labute approximate surface area is 120 Å². The highest BCUT2D eigenvalue weighted by Crippen LogP contribution is 2.55. The maximum atomic E-state index is 12.3. The van der Waals surface area contributed by atoms with Gasteiger partial charge in [0.05, 0.1) is 18.6 Å². The first-order chi connectivity index (χ1) is 8.69. The standard InChI is InChI=1S/C13H17IO4/c14-10-5-8-11(17-4-2-1-3-15)6-9(10)13(7-18-13)12(8)16/h5,8-9,11,15H,1-4,6-7H2/t8?,9-,11-,13-/m0/s1. The molecule has 1 spiro atoms. The minimum absolute atomic E-state index is 0.00883. The van der Waals surface area contributed by atoms with Crippen molar-refractivity contribution >= 4 is 28.4 Å². The molecule has 2 fully saturated rings. The molecule has 0 aromatic rings. The van der Waals surface area contributed by atoms with Crippen LogP contribution in [0, 0.1) is 11.8 Å². The average Bonchev–Trinajstić information content (AvgIpc) is 3.14. The van der Waals surface area contributed by atoms with E-state index in [4.69, 9.17) is 14.6 Å². The topological polar surface area (TPSA) is 59.1 Å². The van der Waals surface area contributed by atoms with Crippen molar-refractivity contribution in [3.8, 4) is 0 Å². The molecule has 3 aliphatic carbocycles. The Morgan fingerprint density at radius 3 is 3.00 bits per heavy atom. The van der Waals surface area contributed by atoms with Gasteiger partial charge in [-0.25, -0.2) is 0 Å². The van der Waals surface area contributed by atoms with Gasteiger partial charge in [0.25, 0.3) is 0 Å². The molecule has 1 N–H and O–H groups in total. The van der Waals surface area contributed by atoms with E-state index in [1.54, 1.807) is 0 Å². The van der Waals surface area contributed by atoms with Crippen LogP contribution in [0.25, 0.3) is 0 Å². The second-order valence-corrected chi connectivity index (χ2v) is 6.49. The lowest BCUT2D eigenvalue weighted by molar-refractivity contribution is -0.140. The predicted molar refractivity (Wildman–Crippen MR) is 73.4 cm³/mol. The van der Waals surface area contributed by atoms with E-state index in [1.807, 2.05) is 0 Å². The summed E-state index contributed by atoms with van der Waals surface area (Å²) in [6, 6.07) is 0. The molecular formula is C13H17IO4. The van der Waals surface area contributed by atoms with Gasteiger partial charge in [-0.1, -0.05) is 6.08 Å². The SMILES string of the molecule is O=C1C2C=C(I)[C@H](C[C@@H]2OCCCCO)[C@@]12CO2. The molecule has 4 atom stereocenters. The van der Waals surface area contributed by atoms with Crippen LogP contribution in [0.5, 0.6) is 0 Å². The molecule has 0 amide bonds.